The average molecular weight is 370 g/mol. The average Bonchev–Trinajstić information content (AvgIpc) is 2.69. The molecule has 0 fully saturated rings. The van der Waals surface area contributed by atoms with E-state index in [2.05, 4.69) is 22.5 Å². The molecule has 0 saturated heterocycles. The van der Waals surface area contributed by atoms with Crippen molar-refractivity contribution in [2.24, 2.45) is 9.98 Å². The van der Waals surface area contributed by atoms with Crippen molar-refractivity contribution in [2.45, 2.75) is 26.7 Å². The summed E-state index contributed by atoms with van der Waals surface area (Å²) in [5.74, 6) is 0.230. The third kappa shape index (κ3) is 6.34. The number of rotatable bonds is 10. The van der Waals surface area contributed by atoms with E-state index in [1.165, 1.54) is 0 Å². The molecule has 2 rings (SSSR count). The maximum absolute atomic E-state index is 10.2. The highest BCUT2D eigenvalue weighted by Gasteiger charge is 2.16. The highest BCUT2D eigenvalue weighted by Crippen LogP contribution is 2.26. The van der Waals surface area contributed by atoms with Gasteiger partial charge in [-0.25, -0.2) is 0 Å². The molecular weight excluding hydrogens is 340 g/mol. The zero-order valence-electron chi connectivity index (χ0n) is 16.5. The second kappa shape index (κ2) is 11.3. The Labute approximate surface area is 161 Å². The van der Waals surface area contributed by atoms with E-state index in [1.54, 1.807) is 13.1 Å². The zero-order chi connectivity index (χ0) is 19.5. The van der Waals surface area contributed by atoms with Gasteiger partial charge in [-0.05, 0) is 37.1 Å². The third-order valence-electron chi connectivity index (χ3n) is 4.20. The summed E-state index contributed by atoms with van der Waals surface area (Å²) in [4.78, 5) is 8.98. The molecule has 3 N–H and O–H groups in total. The number of dihydropyridines is 1. The largest absolute Gasteiger partial charge is 0.507 e. The highest BCUT2D eigenvalue weighted by atomic mass is 16.5. The topological polar surface area (TPSA) is 78.2 Å². The van der Waals surface area contributed by atoms with Gasteiger partial charge < -0.3 is 15.2 Å². The van der Waals surface area contributed by atoms with Crippen LogP contribution in [0.25, 0.3) is 0 Å². The molecule has 1 aliphatic rings. The first-order valence-electron chi connectivity index (χ1n) is 9.43. The normalized spacial score (nSPS) is 16.3. The maximum Gasteiger partial charge on any atom is 0.124 e. The predicted octanol–water partition coefficient (Wildman–Crippen LogP) is 3.01. The van der Waals surface area contributed by atoms with E-state index in [0.717, 1.165) is 54.2 Å². The molecule has 6 nitrogen and oxygen atoms in total. The van der Waals surface area contributed by atoms with E-state index < -0.39 is 0 Å². The molecule has 0 unspecified atom stereocenters. The molecule has 0 radical (unpaired) electrons. The van der Waals surface area contributed by atoms with E-state index in [-0.39, 0.29) is 5.75 Å². The Morgan fingerprint density at radius 3 is 2.81 bits per heavy atom. The first-order valence-corrected chi connectivity index (χ1v) is 9.43. The minimum atomic E-state index is 0.230. The summed E-state index contributed by atoms with van der Waals surface area (Å²) in [6, 6.07) is 7.28. The van der Waals surface area contributed by atoms with Gasteiger partial charge >= 0.3 is 0 Å². The van der Waals surface area contributed by atoms with Crippen molar-refractivity contribution in [3.05, 3.63) is 52.9 Å². The number of aliphatic imine (C=N–C) groups is 2. The molecule has 1 heterocycles. The van der Waals surface area contributed by atoms with Gasteiger partial charge in [0.05, 0.1) is 18.1 Å². The summed E-state index contributed by atoms with van der Waals surface area (Å²) in [7, 11) is 1.77. The van der Waals surface area contributed by atoms with Crippen molar-refractivity contribution in [3.8, 4) is 5.75 Å². The Bertz CT molecular complexity index is 735. The lowest BCUT2D eigenvalue weighted by molar-refractivity contribution is 0.129. The van der Waals surface area contributed by atoms with E-state index in [0.29, 0.717) is 13.3 Å². The minimum absolute atomic E-state index is 0.230. The van der Waals surface area contributed by atoms with Crippen LogP contribution in [0.1, 0.15) is 32.3 Å². The molecule has 0 atom stereocenters. The van der Waals surface area contributed by atoms with Gasteiger partial charge in [0.25, 0.3) is 0 Å². The molecule has 6 heteroatoms. The van der Waals surface area contributed by atoms with Crippen LogP contribution in [0.3, 0.4) is 0 Å². The van der Waals surface area contributed by atoms with Crippen molar-refractivity contribution in [1.29, 1.82) is 0 Å². The van der Waals surface area contributed by atoms with E-state index in [4.69, 9.17) is 9.73 Å². The van der Waals surface area contributed by atoms with Crippen LogP contribution in [-0.4, -0.2) is 50.5 Å². The van der Waals surface area contributed by atoms with Gasteiger partial charge in [0.1, 0.15) is 5.75 Å². The molecule has 1 aromatic carbocycles. The van der Waals surface area contributed by atoms with Crippen molar-refractivity contribution in [2.75, 3.05) is 33.5 Å². The number of hydrogen-bond donors (Lipinski definition) is 3. The Kier molecular flexibility index (Phi) is 8.74. The lowest BCUT2D eigenvalue weighted by atomic mass is 10.0. The molecule has 1 aromatic rings. The highest BCUT2D eigenvalue weighted by molar-refractivity contribution is 6.12. The summed E-state index contributed by atoms with van der Waals surface area (Å²) < 4.78 is 5.28. The van der Waals surface area contributed by atoms with Crippen LogP contribution < -0.4 is 10.6 Å². The van der Waals surface area contributed by atoms with Crippen molar-refractivity contribution in [1.82, 2.24) is 10.6 Å². The number of phenols is 1. The van der Waals surface area contributed by atoms with Crippen LogP contribution in [-0.2, 0) is 4.74 Å². The quantitative estimate of drug-likeness (QED) is 0.336. The summed E-state index contributed by atoms with van der Waals surface area (Å²) in [5, 5.41) is 16.9. The molecule has 0 saturated carbocycles. The Hall–Kier alpha value is -2.44. The van der Waals surface area contributed by atoms with Crippen LogP contribution >= 0.6 is 0 Å². The maximum atomic E-state index is 10.2. The van der Waals surface area contributed by atoms with Crippen LogP contribution in [0.2, 0.25) is 0 Å². The fourth-order valence-corrected chi connectivity index (χ4v) is 2.82. The predicted molar refractivity (Wildman–Crippen MR) is 112 cm³/mol. The van der Waals surface area contributed by atoms with E-state index >= 15 is 0 Å². The van der Waals surface area contributed by atoms with Crippen LogP contribution in [0, 0.1) is 0 Å². The van der Waals surface area contributed by atoms with Gasteiger partial charge in [-0.3, -0.25) is 15.3 Å². The second-order valence-electron chi connectivity index (χ2n) is 6.14. The number of nitrogens with one attached hydrogen (secondary N) is 2. The zero-order valence-corrected chi connectivity index (χ0v) is 16.5. The molecule has 0 amide bonds. The number of para-hydroxylation sites is 1. The lowest BCUT2D eigenvalue weighted by Crippen LogP contribution is -2.29. The summed E-state index contributed by atoms with van der Waals surface area (Å²) in [6.45, 7) is 6.92. The molecule has 0 spiro atoms. The summed E-state index contributed by atoms with van der Waals surface area (Å²) in [6.07, 6.45) is 5.45. The SMILES string of the molecule is CCOCNCCNC1=CC(c2ccccc2O)=N/C(=C(/C=NC)CC)C1. The van der Waals surface area contributed by atoms with Crippen LogP contribution in [0.5, 0.6) is 5.75 Å². The van der Waals surface area contributed by atoms with Gasteiger partial charge in [-0.2, -0.15) is 0 Å². The Morgan fingerprint density at radius 2 is 2.11 bits per heavy atom. The molecule has 1 aliphatic heterocycles. The Balaban J connectivity index is 2.21. The van der Waals surface area contributed by atoms with Gasteiger partial charge in [-0.15, -0.1) is 0 Å². The van der Waals surface area contributed by atoms with Crippen molar-refractivity contribution >= 4 is 11.9 Å². The summed E-state index contributed by atoms with van der Waals surface area (Å²) >= 11 is 0. The molecule has 0 aromatic heterocycles. The summed E-state index contributed by atoms with van der Waals surface area (Å²) in [5.41, 5.74) is 4.65. The molecule has 0 aliphatic carbocycles. The lowest BCUT2D eigenvalue weighted by Gasteiger charge is -2.20. The van der Waals surface area contributed by atoms with Crippen LogP contribution in [0.15, 0.2) is 57.3 Å². The number of nitrogens with zero attached hydrogens (tertiary/aromatic N) is 2. The fraction of sp³-hybridized carbons (Fsp3) is 0.429. The number of aromatic hydroxyl groups is 1. The first kappa shape index (κ1) is 20.9. The van der Waals surface area contributed by atoms with Crippen molar-refractivity contribution < 1.29 is 9.84 Å². The second-order valence-corrected chi connectivity index (χ2v) is 6.14. The standard InChI is InChI=1S/C21H30N4O2/c1-4-16(14-22-3)19-12-17(24-11-10-23-15-27-5-2)13-20(25-19)18-8-6-7-9-21(18)26/h6-9,13-14,23-24,26H,4-5,10-12,15H2,1-3H3/b19-16+,22-14?. The van der Waals surface area contributed by atoms with Gasteiger partial charge in [0, 0.05) is 50.6 Å². The first-order chi connectivity index (χ1) is 13.2. The molecule has 27 heavy (non-hydrogen) atoms. The van der Waals surface area contributed by atoms with Crippen LogP contribution in [0.4, 0.5) is 0 Å². The number of phenolic OH excluding ortho intramolecular Hbond substituents is 1. The monoisotopic (exact) mass is 370 g/mol. The number of benzene rings is 1. The minimum Gasteiger partial charge on any atom is -0.507 e. The molecule has 0 bridgehead atoms. The number of allylic oxidation sites excluding steroid dienone is 2. The van der Waals surface area contributed by atoms with Crippen molar-refractivity contribution in [3.63, 3.8) is 0 Å². The molecule has 146 valence electrons. The number of ether oxygens (including phenoxy) is 1. The van der Waals surface area contributed by atoms with E-state index in [1.807, 2.05) is 37.4 Å². The smallest absolute Gasteiger partial charge is 0.124 e. The van der Waals surface area contributed by atoms with Gasteiger partial charge in [-0.1, -0.05) is 19.1 Å². The fourth-order valence-electron chi connectivity index (χ4n) is 2.82. The van der Waals surface area contributed by atoms with Gasteiger partial charge in [0.2, 0.25) is 0 Å². The Morgan fingerprint density at radius 1 is 1.30 bits per heavy atom. The van der Waals surface area contributed by atoms with Gasteiger partial charge in [0.15, 0.2) is 0 Å². The molecular formula is C21H30N4O2. The van der Waals surface area contributed by atoms with E-state index in [9.17, 15) is 5.11 Å². The number of hydrogen-bond acceptors (Lipinski definition) is 6. The third-order valence-corrected chi connectivity index (χ3v) is 4.20.